The van der Waals surface area contributed by atoms with E-state index in [2.05, 4.69) is 6.92 Å². The van der Waals surface area contributed by atoms with Crippen LogP contribution in [0.3, 0.4) is 0 Å². The summed E-state index contributed by atoms with van der Waals surface area (Å²) < 4.78 is 5.59. The Balaban J connectivity index is 0.00000162. The molecule has 1 saturated carbocycles. The van der Waals surface area contributed by atoms with Crippen molar-refractivity contribution in [1.29, 1.82) is 0 Å². The summed E-state index contributed by atoms with van der Waals surface area (Å²) in [7, 11) is 0. The summed E-state index contributed by atoms with van der Waals surface area (Å²) in [6.07, 6.45) is 6.24. The van der Waals surface area contributed by atoms with Crippen LogP contribution >= 0.6 is 12.4 Å². The minimum Gasteiger partial charge on any atom is -0.375 e. The molecule has 2 N–H and O–H groups in total. The van der Waals surface area contributed by atoms with Crippen LogP contribution < -0.4 is 5.73 Å². The van der Waals surface area contributed by atoms with Crippen molar-refractivity contribution in [1.82, 2.24) is 4.90 Å². The zero-order valence-corrected chi connectivity index (χ0v) is 12.0. The molecular formula is C13H25ClN2O2. The lowest BCUT2D eigenvalue weighted by Gasteiger charge is -2.40. The van der Waals surface area contributed by atoms with E-state index in [9.17, 15) is 4.79 Å². The lowest BCUT2D eigenvalue weighted by atomic mass is 9.81. The summed E-state index contributed by atoms with van der Waals surface area (Å²) in [6, 6.07) is 0. The first kappa shape index (κ1) is 15.7. The van der Waals surface area contributed by atoms with E-state index in [1.807, 2.05) is 4.90 Å². The maximum Gasteiger partial charge on any atom is 0.242 e. The third kappa shape index (κ3) is 3.37. The van der Waals surface area contributed by atoms with Gasteiger partial charge in [0.05, 0.1) is 18.2 Å². The van der Waals surface area contributed by atoms with Crippen LogP contribution in [0.1, 0.15) is 45.4 Å². The van der Waals surface area contributed by atoms with Crippen molar-refractivity contribution >= 4 is 18.3 Å². The summed E-state index contributed by atoms with van der Waals surface area (Å²) in [5, 5.41) is 0. The van der Waals surface area contributed by atoms with Crippen molar-refractivity contribution in [2.24, 2.45) is 5.73 Å². The molecule has 2 rings (SSSR count). The van der Waals surface area contributed by atoms with Crippen molar-refractivity contribution in [2.75, 3.05) is 19.7 Å². The van der Waals surface area contributed by atoms with E-state index >= 15 is 0 Å². The smallest absolute Gasteiger partial charge is 0.242 e. The van der Waals surface area contributed by atoms with Gasteiger partial charge in [-0.05, 0) is 19.3 Å². The zero-order chi connectivity index (χ0) is 12.3. The number of nitrogens with zero attached hydrogens (tertiary/aromatic N) is 1. The average molecular weight is 277 g/mol. The molecule has 1 aliphatic heterocycles. The van der Waals surface area contributed by atoms with Crippen molar-refractivity contribution in [3.8, 4) is 0 Å². The van der Waals surface area contributed by atoms with Gasteiger partial charge in [0.25, 0.3) is 0 Å². The van der Waals surface area contributed by atoms with Gasteiger partial charge in [0, 0.05) is 13.1 Å². The van der Waals surface area contributed by atoms with Gasteiger partial charge in [0.2, 0.25) is 5.91 Å². The van der Waals surface area contributed by atoms with Gasteiger partial charge in [-0.3, -0.25) is 4.79 Å². The first-order chi connectivity index (χ1) is 8.15. The number of amides is 1. The van der Waals surface area contributed by atoms with Crippen LogP contribution in [-0.4, -0.2) is 42.1 Å². The Kier molecular flexibility index (Phi) is 5.89. The Bertz CT molecular complexity index is 280. The van der Waals surface area contributed by atoms with E-state index < -0.39 is 5.54 Å². The van der Waals surface area contributed by atoms with Gasteiger partial charge in [-0.15, -0.1) is 12.4 Å². The number of ether oxygens (including phenoxy) is 1. The van der Waals surface area contributed by atoms with Crippen molar-refractivity contribution in [2.45, 2.75) is 57.1 Å². The fraction of sp³-hybridized carbons (Fsp3) is 0.923. The van der Waals surface area contributed by atoms with Crippen LogP contribution in [-0.2, 0) is 9.53 Å². The van der Waals surface area contributed by atoms with E-state index in [4.69, 9.17) is 10.5 Å². The highest BCUT2D eigenvalue weighted by Crippen LogP contribution is 2.28. The highest BCUT2D eigenvalue weighted by molar-refractivity contribution is 5.86. The minimum atomic E-state index is -0.589. The van der Waals surface area contributed by atoms with Gasteiger partial charge in [-0.1, -0.05) is 26.2 Å². The van der Waals surface area contributed by atoms with Crippen LogP contribution in [0.15, 0.2) is 0 Å². The van der Waals surface area contributed by atoms with Crippen LogP contribution in [0.25, 0.3) is 0 Å². The first-order valence-electron chi connectivity index (χ1n) is 6.85. The maximum atomic E-state index is 12.5. The molecule has 1 saturated heterocycles. The normalized spacial score (nSPS) is 27.4. The lowest BCUT2D eigenvalue weighted by Crippen LogP contribution is -2.59. The van der Waals surface area contributed by atoms with Crippen molar-refractivity contribution < 1.29 is 9.53 Å². The fourth-order valence-corrected chi connectivity index (χ4v) is 2.86. The number of hydrogen-bond donors (Lipinski definition) is 1. The van der Waals surface area contributed by atoms with Crippen LogP contribution in [0.5, 0.6) is 0 Å². The molecule has 0 aromatic rings. The average Bonchev–Trinajstić information content (AvgIpc) is 2.39. The first-order valence-corrected chi connectivity index (χ1v) is 6.85. The van der Waals surface area contributed by atoms with E-state index in [0.29, 0.717) is 19.7 Å². The monoisotopic (exact) mass is 276 g/mol. The van der Waals surface area contributed by atoms with Crippen molar-refractivity contribution in [3.05, 3.63) is 0 Å². The molecule has 2 fully saturated rings. The Hall–Kier alpha value is -0.320. The molecule has 0 radical (unpaired) electrons. The second kappa shape index (κ2) is 6.73. The van der Waals surface area contributed by atoms with E-state index in [-0.39, 0.29) is 24.4 Å². The van der Waals surface area contributed by atoms with Gasteiger partial charge < -0.3 is 15.4 Å². The molecule has 0 spiro atoms. The number of carbonyl (C=O) groups excluding carboxylic acids is 1. The minimum absolute atomic E-state index is 0. The number of carbonyl (C=O) groups is 1. The number of halogens is 1. The SMILES string of the molecule is CCC1CN(C(=O)C2(N)CCCCC2)CCO1.Cl. The topological polar surface area (TPSA) is 55.6 Å². The molecule has 1 heterocycles. The number of nitrogens with two attached hydrogens (primary N) is 1. The second-order valence-electron chi connectivity index (χ2n) is 5.37. The molecule has 5 heteroatoms. The number of hydrogen-bond acceptors (Lipinski definition) is 3. The second-order valence-corrected chi connectivity index (χ2v) is 5.37. The van der Waals surface area contributed by atoms with Gasteiger partial charge in [-0.25, -0.2) is 0 Å². The lowest BCUT2D eigenvalue weighted by molar-refractivity contribution is -0.145. The standard InChI is InChI=1S/C13H24N2O2.ClH/c1-2-11-10-15(8-9-17-11)12(16)13(14)6-4-3-5-7-13;/h11H,2-10,14H2,1H3;1H. The van der Waals surface area contributed by atoms with Crippen LogP contribution in [0, 0.1) is 0 Å². The van der Waals surface area contributed by atoms with E-state index in [0.717, 1.165) is 32.1 Å². The van der Waals surface area contributed by atoms with Crippen LogP contribution in [0.2, 0.25) is 0 Å². The zero-order valence-electron chi connectivity index (χ0n) is 11.2. The highest BCUT2D eigenvalue weighted by atomic mass is 35.5. The Morgan fingerprint density at radius 1 is 1.39 bits per heavy atom. The van der Waals surface area contributed by atoms with Gasteiger partial charge in [0.15, 0.2) is 0 Å². The largest absolute Gasteiger partial charge is 0.375 e. The molecule has 0 aromatic carbocycles. The summed E-state index contributed by atoms with van der Waals surface area (Å²) >= 11 is 0. The predicted molar refractivity (Wildman–Crippen MR) is 73.9 cm³/mol. The molecule has 4 nitrogen and oxygen atoms in total. The molecule has 1 unspecified atom stereocenters. The van der Waals surface area contributed by atoms with Crippen molar-refractivity contribution in [3.63, 3.8) is 0 Å². The summed E-state index contributed by atoms with van der Waals surface area (Å²) in [5.41, 5.74) is 5.70. The molecule has 1 atom stereocenters. The van der Waals surface area contributed by atoms with E-state index in [1.165, 1.54) is 6.42 Å². The maximum absolute atomic E-state index is 12.5. The quantitative estimate of drug-likeness (QED) is 0.835. The molecule has 0 bridgehead atoms. The van der Waals surface area contributed by atoms with E-state index in [1.54, 1.807) is 0 Å². The molecule has 1 amide bonds. The third-order valence-corrected chi connectivity index (χ3v) is 4.05. The van der Waals surface area contributed by atoms with Gasteiger partial charge in [0.1, 0.15) is 0 Å². The molecule has 2 aliphatic rings. The van der Waals surface area contributed by atoms with Crippen LogP contribution in [0.4, 0.5) is 0 Å². The Morgan fingerprint density at radius 3 is 2.67 bits per heavy atom. The predicted octanol–water partition coefficient (Wildman–Crippen LogP) is 1.71. The van der Waals surface area contributed by atoms with Gasteiger partial charge >= 0.3 is 0 Å². The molecule has 18 heavy (non-hydrogen) atoms. The summed E-state index contributed by atoms with van der Waals surface area (Å²) in [5.74, 6) is 0.152. The fourth-order valence-electron chi connectivity index (χ4n) is 2.86. The number of rotatable bonds is 2. The third-order valence-electron chi connectivity index (χ3n) is 4.05. The summed E-state index contributed by atoms with van der Waals surface area (Å²) in [4.78, 5) is 14.4. The molecular weight excluding hydrogens is 252 g/mol. The Morgan fingerprint density at radius 2 is 2.06 bits per heavy atom. The molecule has 0 aromatic heterocycles. The molecule has 1 aliphatic carbocycles. The summed E-state index contributed by atoms with van der Waals surface area (Å²) in [6.45, 7) is 4.17. The highest BCUT2D eigenvalue weighted by Gasteiger charge is 2.39. The number of morpholine rings is 1. The Labute approximate surface area is 116 Å². The van der Waals surface area contributed by atoms with Gasteiger partial charge in [-0.2, -0.15) is 0 Å². The molecule has 106 valence electrons.